The van der Waals surface area contributed by atoms with Crippen LogP contribution < -0.4 is 5.32 Å². The maximum absolute atomic E-state index is 14.4. The van der Waals surface area contributed by atoms with Gasteiger partial charge in [-0.15, -0.1) is 0 Å². The van der Waals surface area contributed by atoms with Gasteiger partial charge in [0.2, 0.25) is 11.8 Å². The molecular formula is C24H21F3N4O2. The second kappa shape index (κ2) is 8.38. The van der Waals surface area contributed by atoms with Gasteiger partial charge in [-0.1, -0.05) is 5.16 Å². The minimum absolute atomic E-state index is 0.0862. The standard InChI is InChI=1S/C24H21F3N4O2/c1-12-29-21(33-31-12)11-28-24(32)15-6-13(7-15)8-18-19-9-17(26)10-20(27)23(19)30-22(18)14-2-4-16(25)5-3-14/h2-5,9-10,13,15,30H,6-8,11H2,1H3,(H,28,32). The van der Waals surface area contributed by atoms with Crippen LogP contribution in [0.5, 0.6) is 0 Å². The van der Waals surface area contributed by atoms with Crippen molar-refractivity contribution in [1.82, 2.24) is 20.4 Å². The molecule has 0 bridgehead atoms. The molecule has 6 nitrogen and oxygen atoms in total. The maximum atomic E-state index is 14.4. The lowest BCUT2D eigenvalue weighted by Gasteiger charge is -2.34. The smallest absolute Gasteiger partial charge is 0.246 e. The van der Waals surface area contributed by atoms with Crippen LogP contribution in [-0.4, -0.2) is 21.0 Å². The molecule has 5 rings (SSSR count). The van der Waals surface area contributed by atoms with Crippen LogP contribution in [0.15, 0.2) is 40.9 Å². The quantitative estimate of drug-likeness (QED) is 0.437. The zero-order valence-corrected chi connectivity index (χ0v) is 17.8. The van der Waals surface area contributed by atoms with E-state index in [1.807, 2.05) is 0 Å². The van der Waals surface area contributed by atoms with Gasteiger partial charge < -0.3 is 14.8 Å². The number of hydrogen-bond acceptors (Lipinski definition) is 4. The van der Waals surface area contributed by atoms with Crippen LogP contribution in [0.3, 0.4) is 0 Å². The number of benzene rings is 2. The summed E-state index contributed by atoms with van der Waals surface area (Å²) in [4.78, 5) is 19.5. The molecule has 0 spiro atoms. The second-order valence-corrected chi connectivity index (χ2v) is 8.49. The summed E-state index contributed by atoms with van der Waals surface area (Å²) in [6.07, 6.45) is 1.85. The zero-order valence-electron chi connectivity index (χ0n) is 17.8. The fourth-order valence-corrected chi connectivity index (χ4v) is 4.47. The van der Waals surface area contributed by atoms with Crippen molar-refractivity contribution in [2.75, 3.05) is 0 Å². The molecule has 2 N–H and O–H groups in total. The van der Waals surface area contributed by atoms with Crippen LogP contribution in [0, 0.1) is 36.2 Å². The molecule has 2 aromatic carbocycles. The van der Waals surface area contributed by atoms with E-state index in [1.165, 1.54) is 18.2 Å². The average molecular weight is 454 g/mol. The number of aryl methyl sites for hydroxylation is 1. The molecule has 0 atom stereocenters. The Kier molecular flexibility index (Phi) is 5.39. The predicted molar refractivity (Wildman–Crippen MR) is 114 cm³/mol. The molecule has 0 aliphatic heterocycles. The number of nitrogens with zero attached hydrogens (tertiary/aromatic N) is 2. The Hall–Kier alpha value is -3.62. The van der Waals surface area contributed by atoms with Crippen molar-refractivity contribution < 1.29 is 22.5 Å². The third-order valence-corrected chi connectivity index (χ3v) is 6.15. The minimum atomic E-state index is -0.679. The van der Waals surface area contributed by atoms with Crippen molar-refractivity contribution in [2.24, 2.45) is 11.8 Å². The maximum Gasteiger partial charge on any atom is 0.246 e. The highest BCUT2D eigenvalue weighted by Crippen LogP contribution is 2.41. The highest BCUT2D eigenvalue weighted by molar-refractivity contribution is 5.91. The summed E-state index contributed by atoms with van der Waals surface area (Å²) in [7, 11) is 0. The summed E-state index contributed by atoms with van der Waals surface area (Å²) >= 11 is 0. The number of hydrogen-bond donors (Lipinski definition) is 2. The normalized spacial score (nSPS) is 17.8. The summed E-state index contributed by atoms with van der Waals surface area (Å²) in [5.41, 5.74) is 2.30. The molecule has 0 saturated heterocycles. The van der Waals surface area contributed by atoms with E-state index in [4.69, 9.17) is 4.52 Å². The van der Waals surface area contributed by atoms with Crippen molar-refractivity contribution >= 4 is 16.8 Å². The van der Waals surface area contributed by atoms with Gasteiger partial charge in [0.05, 0.1) is 12.1 Å². The van der Waals surface area contributed by atoms with Gasteiger partial charge in [0.25, 0.3) is 0 Å². The van der Waals surface area contributed by atoms with Crippen LogP contribution in [0.1, 0.15) is 30.1 Å². The Labute approximate surface area is 187 Å². The lowest BCUT2D eigenvalue weighted by Crippen LogP contribution is -2.39. The number of aromatic amines is 1. The van der Waals surface area contributed by atoms with Gasteiger partial charge in [0.1, 0.15) is 17.5 Å². The van der Waals surface area contributed by atoms with Gasteiger partial charge in [-0.2, -0.15) is 4.98 Å². The van der Waals surface area contributed by atoms with Gasteiger partial charge >= 0.3 is 0 Å². The van der Waals surface area contributed by atoms with Crippen LogP contribution >= 0.6 is 0 Å². The average Bonchev–Trinajstić information content (AvgIpc) is 3.33. The van der Waals surface area contributed by atoms with Crippen molar-refractivity contribution in [3.05, 3.63) is 71.1 Å². The monoisotopic (exact) mass is 454 g/mol. The summed E-state index contributed by atoms with van der Waals surface area (Å²) in [6, 6.07) is 8.02. The number of amides is 1. The topological polar surface area (TPSA) is 83.8 Å². The first-order chi connectivity index (χ1) is 15.9. The van der Waals surface area contributed by atoms with E-state index in [-0.39, 0.29) is 35.6 Å². The number of halogens is 3. The SMILES string of the molecule is Cc1noc(CNC(=O)C2CC(Cc3c(-c4ccc(F)cc4)[nH]c4c(F)cc(F)cc34)C2)n1. The van der Waals surface area contributed by atoms with E-state index >= 15 is 0 Å². The van der Waals surface area contributed by atoms with Crippen LogP contribution in [0.2, 0.25) is 0 Å². The first-order valence-corrected chi connectivity index (χ1v) is 10.7. The number of rotatable bonds is 6. The molecule has 1 aliphatic carbocycles. The Morgan fingerprint density at radius 2 is 1.91 bits per heavy atom. The summed E-state index contributed by atoms with van der Waals surface area (Å²) < 4.78 is 46.9. The van der Waals surface area contributed by atoms with Crippen molar-refractivity contribution in [1.29, 1.82) is 0 Å². The summed E-state index contributed by atoms with van der Waals surface area (Å²) in [5, 5.41) is 6.96. The fraction of sp³-hybridized carbons (Fsp3) is 0.292. The molecule has 1 saturated carbocycles. The van der Waals surface area contributed by atoms with E-state index < -0.39 is 11.6 Å². The molecule has 2 aromatic heterocycles. The zero-order chi connectivity index (χ0) is 23.1. The summed E-state index contributed by atoms with van der Waals surface area (Å²) in [6.45, 7) is 1.88. The van der Waals surface area contributed by atoms with Gasteiger partial charge in [-0.3, -0.25) is 4.79 Å². The number of H-pyrrole nitrogens is 1. The largest absolute Gasteiger partial charge is 0.352 e. The number of aromatic nitrogens is 3. The molecule has 1 aliphatic rings. The molecule has 4 aromatic rings. The van der Waals surface area contributed by atoms with E-state index in [2.05, 4.69) is 20.4 Å². The van der Waals surface area contributed by atoms with E-state index in [9.17, 15) is 18.0 Å². The highest BCUT2D eigenvalue weighted by Gasteiger charge is 2.35. The van der Waals surface area contributed by atoms with E-state index in [1.54, 1.807) is 19.1 Å². The Morgan fingerprint density at radius 3 is 2.61 bits per heavy atom. The molecular weight excluding hydrogens is 433 g/mol. The Balaban J connectivity index is 1.33. The summed E-state index contributed by atoms with van der Waals surface area (Å²) in [5.74, 6) is -0.915. The Morgan fingerprint density at radius 1 is 1.15 bits per heavy atom. The molecule has 9 heteroatoms. The van der Waals surface area contributed by atoms with E-state index in [0.717, 1.165) is 11.6 Å². The second-order valence-electron chi connectivity index (χ2n) is 8.49. The highest BCUT2D eigenvalue weighted by atomic mass is 19.1. The van der Waals surface area contributed by atoms with Crippen molar-refractivity contribution in [3.63, 3.8) is 0 Å². The third kappa shape index (κ3) is 4.22. The number of carbonyl (C=O) groups is 1. The predicted octanol–water partition coefficient (Wildman–Crippen LogP) is 4.83. The molecule has 0 radical (unpaired) electrons. The number of fused-ring (bicyclic) bond motifs is 1. The molecule has 1 fully saturated rings. The van der Waals surface area contributed by atoms with E-state index in [0.29, 0.717) is 47.6 Å². The van der Waals surface area contributed by atoms with Gasteiger partial charge in [-0.05, 0) is 73.6 Å². The van der Waals surface area contributed by atoms with Crippen molar-refractivity contribution in [2.45, 2.75) is 32.7 Å². The molecule has 2 heterocycles. The van der Waals surface area contributed by atoms with Gasteiger partial charge in [0.15, 0.2) is 5.82 Å². The first kappa shape index (κ1) is 21.2. The first-order valence-electron chi connectivity index (χ1n) is 10.7. The molecule has 33 heavy (non-hydrogen) atoms. The lowest BCUT2D eigenvalue weighted by molar-refractivity contribution is -0.129. The molecule has 1 amide bonds. The third-order valence-electron chi connectivity index (χ3n) is 6.15. The van der Waals surface area contributed by atoms with Crippen LogP contribution in [-0.2, 0) is 17.8 Å². The van der Waals surface area contributed by atoms with Crippen LogP contribution in [0.4, 0.5) is 13.2 Å². The van der Waals surface area contributed by atoms with Gasteiger partial charge in [0, 0.05) is 23.1 Å². The fourth-order valence-electron chi connectivity index (χ4n) is 4.47. The van der Waals surface area contributed by atoms with Gasteiger partial charge in [-0.25, -0.2) is 13.2 Å². The number of carbonyl (C=O) groups excluding carboxylic acids is 1. The molecule has 0 unspecified atom stereocenters. The number of nitrogens with one attached hydrogen (secondary N) is 2. The lowest BCUT2D eigenvalue weighted by atomic mass is 9.71. The molecule has 170 valence electrons. The Bertz CT molecular complexity index is 1320. The van der Waals surface area contributed by atoms with Crippen LogP contribution in [0.25, 0.3) is 22.2 Å². The minimum Gasteiger partial charge on any atom is -0.352 e. The van der Waals surface area contributed by atoms with Crippen molar-refractivity contribution in [3.8, 4) is 11.3 Å².